The normalized spacial score (nSPS) is 23.6. The van der Waals surface area contributed by atoms with E-state index in [4.69, 9.17) is 9.88 Å². The van der Waals surface area contributed by atoms with Crippen LogP contribution < -0.4 is 15.8 Å². The number of ether oxygens (including phenoxy) is 1. The van der Waals surface area contributed by atoms with Crippen LogP contribution in [0.5, 0.6) is 0 Å². The molecule has 0 aromatic carbocycles. The molecule has 1 aliphatic carbocycles. The fourth-order valence-electron chi connectivity index (χ4n) is 2.18. The number of hydrogen-bond donors (Lipinski definition) is 3. The Morgan fingerprint density at radius 3 is 2.45 bits per heavy atom. The Hall–Kier alpha value is -0.860. The minimum Gasteiger partial charge on any atom is -0.444 e. The molecule has 1 amide bonds. The molecule has 0 spiro atoms. The lowest BCUT2D eigenvalue weighted by molar-refractivity contribution is 0.0505. The minimum atomic E-state index is -3.42. The van der Waals surface area contributed by atoms with E-state index in [9.17, 15) is 13.2 Å². The lowest BCUT2D eigenvalue weighted by Crippen LogP contribution is -2.39. The Morgan fingerprint density at radius 1 is 1.30 bits per heavy atom. The van der Waals surface area contributed by atoms with Gasteiger partial charge in [0.2, 0.25) is 10.0 Å². The number of carbonyl (C=O) groups is 1. The van der Waals surface area contributed by atoms with Crippen molar-refractivity contribution in [3.8, 4) is 0 Å². The summed E-state index contributed by atoms with van der Waals surface area (Å²) in [5, 5.41) is 10.9. The van der Waals surface area contributed by atoms with Crippen LogP contribution in [0.2, 0.25) is 0 Å². The molecule has 0 bridgehead atoms. The van der Waals surface area contributed by atoms with E-state index < -0.39 is 21.7 Å². The standard InChI is InChI=1S/C12H25N3O4S/c1-12(2,3)19-11(16)15-10-5-4-9(8-10)14-6-7-20(13,17)18/h9-10,14H,4-8H2,1-3H3,(H,15,16)(H2,13,17,18). The van der Waals surface area contributed by atoms with Gasteiger partial charge in [0, 0.05) is 18.6 Å². The average Bonchev–Trinajstić information content (AvgIpc) is 2.60. The summed E-state index contributed by atoms with van der Waals surface area (Å²) in [6.07, 6.45) is 2.11. The smallest absolute Gasteiger partial charge is 0.407 e. The molecular weight excluding hydrogens is 282 g/mol. The zero-order valence-corrected chi connectivity index (χ0v) is 13.1. The Bertz CT molecular complexity index is 430. The SMILES string of the molecule is CC(C)(C)OC(=O)NC1CCC(NCCS(N)(=O)=O)C1. The molecule has 1 aliphatic rings. The second kappa shape index (κ2) is 6.73. The van der Waals surface area contributed by atoms with Gasteiger partial charge in [-0.15, -0.1) is 0 Å². The Balaban J connectivity index is 2.25. The van der Waals surface area contributed by atoms with Gasteiger partial charge in [-0.2, -0.15) is 0 Å². The highest BCUT2D eigenvalue weighted by Gasteiger charge is 2.27. The van der Waals surface area contributed by atoms with Crippen LogP contribution in [-0.2, 0) is 14.8 Å². The lowest BCUT2D eigenvalue weighted by atomic mass is 10.2. The fourth-order valence-corrected chi connectivity index (χ4v) is 2.58. The summed E-state index contributed by atoms with van der Waals surface area (Å²) < 4.78 is 26.8. The van der Waals surface area contributed by atoms with Crippen molar-refractivity contribution in [2.75, 3.05) is 12.3 Å². The van der Waals surface area contributed by atoms with Crippen molar-refractivity contribution >= 4 is 16.1 Å². The molecule has 118 valence electrons. The number of primary sulfonamides is 1. The molecule has 2 atom stereocenters. The monoisotopic (exact) mass is 307 g/mol. The van der Waals surface area contributed by atoms with E-state index in [0.29, 0.717) is 6.54 Å². The first-order valence-electron chi connectivity index (χ1n) is 6.78. The molecule has 1 rings (SSSR count). The Labute approximate surface area is 120 Å². The number of alkyl carbamates (subject to hydrolysis) is 1. The second-order valence-electron chi connectivity index (χ2n) is 6.17. The van der Waals surface area contributed by atoms with E-state index in [1.54, 1.807) is 0 Å². The molecule has 0 aromatic rings. The van der Waals surface area contributed by atoms with Gasteiger partial charge in [0.1, 0.15) is 5.60 Å². The van der Waals surface area contributed by atoms with Crippen LogP contribution in [0.4, 0.5) is 4.79 Å². The topological polar surface area (TPSA) is 111 Å². The van der Waals surface area contributed by atoms with Crippen molar-refractivity contribution < 1.29 is 17.9 Å². The van der Waals surface area contributed by atoms with Crippen LogP contribution in [0.1, 0.15) is 40.0 Å². The van der Waals surface area contributed by atoms with Crippen LogP contribution in [0.15, 0.2) is 0 Å². The molecule has 2 unspecified atom stereocenters. The number of rotatable bonds is 5. The first kappa shape index (κ1) is 17.2. The highest BCUT2D eigenvalue weighted by Crippen LogP contribution is 2.19. The number of nitrogens with two attached hydrogens (primary N) is 1. The number of amides is 1. The first-order valence-corrected chi connectivity index (χ1v) is 8.50. The van der Waals surface area contributed by atoms with E-state index in [2.05, 4.69) is 10.6 Å². The van der Waals surface area contributed by atoms with Crippen molar-refractivity contribution in [2.45, 2.75) is 57.7 Å². The van der Waals surface area contributed by atoms with Crippen LogP contribution in [0.25, 0.3) is 0 Å². The van der Waals surface area contributed by atoms with Crippen LogP contribution in [0, 0.1) is 0 Å². The number of carbonyl (C=O) groups excluding carboxylic acids is 1. The molecule has 1 saturated carbocycles. The summed E-state index contributed by atoms with van der Waals surface area (Å²) in [6, 6.07) is 0.272. The zero-order chi connectivity index (χ0) is 15.4. The summed E-state index contributed by atoms with van der Waals surface area (Å²) >= 11 is 0. The van der Waals surface area contributed by atoms with Gasteiger partial charge in [0.15, 0.2) is 0 Å². The molecule has 0 aliphatic heterocycles. The van der Waals surface area contributed by atoms with Crippen LogP contribution in [-0.4, -0.2) is 44.5 Å². The van der Waals surface area contributed by atoms with E-state index >= 15 is 0 Å². The molecule has 0 aromatic heterocycles. The van der Waals surface area contributed by atoms with Crippen LogP contribution in [0.3, 0.4) is 0 Å². The number of hydrogen-bond acceptors (Lipinski definition) is 5. The highest BCUT2D eigenvalue weighted by molar-refractivity contribution is 7.89. The minimum absolute atomic E-state index is 0.0665. The fraction of sp³-hybridized carbons (Fsp3) is 0.917. The average molecular weight is 307 g/mol. The van der Waals surface area contributed by atoms with Gasteiger partial charge >= 0.3 is 6.09 Å². The second-order valence-corrected chi connectivity index (χ2v) is 7.91. The molecule has 0 radical (unpaired) electrons. The summed E-state index contributed by atoms with van der Waals surface area (Å²) in [4.78, 5) is 11.6. The van der Waals surface area contributed by atoms with Crippen LogP contribution >= 0.6 is 0 Å². The predicted molar refractivity (Wildman–Crippen MR) is 76.8 cm³/mol. The van der Waals surface area contributed by atoms with E-state index in [1.165, 1.54) is 0 Å². The van der Waals surface area contributed by atoms with Crippen molar-refractivity contribution in [1.82, 2.24) is 10.6 Å². The molecule has 0 saturated heterocycles. The molecule has 20 heavy (non-hydrogen) atoms. The molecule has 0 heterocycles. The Kier molecular flexibility index (Phi) is 5.79. The third kappa shape index (κ3) is 7.66. The maximum atomic E-state index is 11.6. The summed E-state index contributed by atoms with van der Waals surface area (Å²) in [7, 11) is -3.42. The van der Waals surface area contributed by atoms with E-state index in [-0.39, 0.29) is 17.8 Å². The van der Waals surface area contributed by atoms with Gasteiger partial charge < -0.3 is 15.4 Å². The van der Waals surface area contributed by atoms with Gasteiger partial charge in [-0.1, -0.05) is 0 Å². The van der Waals surface area contributed by atoms with Crippen molar-refractivity contribution in [3.05, 3.63) is 0 Å². The maximum Gasteiger partial charge on any atom is 0.407 e. The van der Waals surface area contributed by atoms with Crippen molar-refractivity contribution in [3.63, 3.8) is 0 Å². The summed E-state index contributed by atoms with van der Waals surface area (Å²) in [5.41, 5.74) is -0.504. The lowest BCUT2D eigenvalue weighted by Gasteiger charge is -2.21. The van der Waals surface area contributed by atoms with Crippen molar-refractivity contribution in [2.24, 2.45) is 5.14 Å². The maximum absolute atomic E-state index is 11.6. The van der Waals surface area contributed by atoms with Gasteiger partial charge in [-0.05, 0) is 40.0 Å². The molecule has 1 fully saturated rings. The summed E-state index contributed by atoms with van der Waals surface area (Å²) in [5.74, 6) is -0.0757. The Morgan fingerprint density at radius 2 is 1.90 bits per heavy atom. The number of nitrogens with one attached hydrogen (secondary N) is 2. The first-order chi connectivity index (χ1) is 9.05. The zero-order valence-electron chi connectivity index (χ0n) is 12.3. The van der Waals surface area contributed by atoms with E-state index in [0.717, 1.165) is 19.3 Å². The van der Waals surface area contributed by atoms with Gasteiger partial charge in [0.05, 0.1) is 5.75 Å². The van der Waals surface area contributed by atoms with Gasteiger partial charge in [-0.3, -0.25) is 0 Å². The number of sulfonamides is 1. The third-order valence-corrected chi connectivity index (χ3v) is 3.75. The molecule has 8 heteroatoms. The largest absolute Gasteiger partial charge is 0.444 e. The summed E-state index contributed by atoms with van der Waals surface area (Å²) in [6.45, 7) is 5.79. The van der Waals surface area contributed by atoms with Crippen molar-refractivity contribution in [1.29, 1.82) is 0 Å². The molecule has 7 nitrogen and oxygen atoms in total. The van der Waals surface area contributed by atoms with Gasteiger partial charge in [0.25, 0.3) is 0 Å². The van der Waals surface area contributed by atoms with E-state index in [1.807, 2.05) is 20.8 Å². The third-order valence-electron chi connectivity index (χ3n) is 2.97. The highest BCUT2D eigenvalue weighted by atomic mass is 32.2. The van der Waals surface area contributed by atoms with Gasteiger partial charge in [-0.25, -0.2) is 18.4 Å². The molecule has 4 N–H and O–H groups in total. The molecular formula is C12H25N3O4S. The quantitative estimate of drug-likeness (QED) is 0.677. The predicted octanol–water partition coefficient (Wildman–Crippen LogP) is 0.310.